The summed E-state index contributed by atoms with van der Waals surface area (Å²) in [6.45, 7) is 1.64. The molecule has 5 heteroatoms. The normalized spacial score (nSPS) is 12.1. The number of carbonyl (C=O) groups excluding carboxylic acids is 2. The maximum absolute atomic E-state index is 11.2. The smallest absolute Gasteiger partial charge is 0.220 e. The summed E-state index contributed by atoms with van der Waals surface area (Å²) in [6, 6.07) is -0.413. The average molecular weight is 195 g/mol. The molecule has 76 valence electrons. The minimum atomic E-state index is -0.413. The van der Waals surface area contributed by atoms with Gasteiger partial charge in [-0.1, -0.05) is 0 Å². The van der Waals surface area contributed by atoms with Gasteiger partial charge in [0, 0.05) is 18.3 Å². The zero-order valence-electron chi connectivity index (χ0n) is 7.99. The van der Waals surface area contributed by atoms with E-state index in [-0.39, 0.29) is 5.91 Å². The highest BCUT2D eigenvalue weighted by molar-refractivity contribution is 5.79. The van der Waals surface area contributed by atoms with Gasteiger partial charge in [-0.15, -0.1) is 0 Å². The van der Waals surface area contributed by atoms with Gasteiger partial charge >= 0.3 is 0 Å². The molecule has 0 radical (unpaired) electrons. The second-order valence-electron chi connectivity index (χ2n) is 3.07. The van der Waals surface area contributed by atoms with E-state index in [1.807, 2.05) is 0 Å². The molecule has 0 aliphatic carbocycles. The van der Waals surface area contributed by atoms with Crippen molar-refractivity contribution in [2.75, 3.05) is 0 Å². The molecule has 1 rings (SSSR count). The monoisotopic (exact) mass is 195 g/mol. The van der Waals surface area contributed by atoms with Crippen molar-refractivity contribution in [2.24, 2.45) is 0 Å². The molecule has 0 aromatic carbocycles. The van der Waals surface area contributed by atoms with Crippen LogP contribution in [0.25, 0.3) is 0 Å². The number of hydrogen-bond acceptors (Lipinski definition) is 3. The molecule has 14 heavy (non-hydrogen) atoms. The lowest BCUT2D eigenvalue weighted by molar-refractivity contribution is -0.123. The van der Waals surface area contributed by atoms with Crippen molar-refractivity contribution < 1.29 is 9.59 Å². The summed E-state index contributed by atoms with van der Waals surface area (Å²) < 4.78 is 0. The van der Waals surface area contributed by atoms with E-state index >= 15 is 0 Å². The van der Waals surface area contributed by atoms with Crippen LogP contribution in [-0.4, -0.2) is 28.2 Å². The summed E-state index contributed by atoms with van der Waals surface area (Å²) >= 11 is 0. The van der Waals surface area contributed by atoms with E-state index in [1.165, 1.54) is 0 Å². The number of imidazole rings is 1. The Balaban J connectivity index is 2.25. The average Bonchev–Trinajstić information content (AvgIpc) is 2.67. The molecule has 0 aliphatic rings. The van der Waals surface area contributed by atoms with E-state index in [9.17, 15) is 9.59 Å². The zero-order chi connectivity index (χ0) is 10.4. The van der Waals surface area contributed by atoms with Crippen LogP contribution in [0.3, 0.4) is 0 Å². The van der Waals surface area contributed by atoms with E-state index in [2.05, 4.69) is 15.3 Å². The largest absolute Gasteiger partial charge is 0.348 e. The van der Waals surface area contributed by atoms with Crippen molar-refractivity contribution in [3.8, 4) is 0 Å². The Morgan fingerprint density at radius 1 is 1.79 bits per heavy atom. The van der Waals surface area contributed by atoms with E-state index in [0.717, 1.165) is 5.69 Å². The van der Waals surface area contributed by atoms with Crippen molar-refractivity contribution in [1.82, 2.24) is 15.3 Å². The minimum absolute atomic E-state index is 0.126. The zero-order valence-corrected chi connectivity index (χ0v) is 7.99. The molecule has 0 aliphatic heterocycles. The quantitative estimate of drug-likeness (QED) is 0.652. The fourth-order valence-corrected chi connectivity index (χ4v) is 1.03. The van der Waals surface area contributed by atoms with Crippen molar-refractivity contribution in [1.29, 1.82) is 0 Å². The van der Waals surface area contributed by atoms with Crippen LogP contribution in [0, 0.1) is 0 Å². The number of nitrogens with zero attached hydrogens (tertiary/aromatic N) is 1. The Bertz CT molecular complexity index is 295. The molecule has 5 nitrogen and oxygen atoms in total. The van der Waals surface area contributed by atoms with E-state index < -0.39 is 6.04 Å². The highest BCUT2D eigenvalue weighted by atomic mass is 16.2. The fraction of sp³-hybridized carbons (Fsp3) is 0.444. The van der Waals surface area contributed by atoms with Gasteiger partial charge in [-0.2, -0.15) is 0 Å². The third kappa shape index (κ3) is 3.38. The molecule has 1 aromatic heterocycles. The number of nitrogens with one attached hydrogen (secondary N) is 2. The van der Waals surface area contributed by atoms with Crippen LogP contribution in [0.15, 0.2) is 12.5 Å². The van der Waals surface area contributed by atoms with Crippen molar-refractivity contribution in [2.45, 2.75) is 25.8 Å². The third-order valence-electron chi connectivity index (χ3n) is 1.77. The van der Waals surface area contributed by atoms with Gasteiger partial charge in [-0.3, -0.25) is 4.79 Å². The fourth-order valence-electron chi connectivity index (χ4n) is 1.03. The molecule has 2 N–H and O–H groups in total. The standard InChI is InChI=1S/C9H13N3O2/c1-7(5-13)12-9(14)3-2-8-4-10-6-11-8/h4-7H,2-3H2,1H3,(H,10,11)(H,12,14). The van der Waals surface area contributed by atoms with Crippen LogP contribution >= 0.6 is 0 Å². The summed E-state index contributed by atoms with van der Waals surface area (Å²) in [4.78, 5) is 28.2. The van der Waals surface area contributed by atoms with E-state index in [1.54, 1.807) is 19.4 Å². The highest BCUT2D eigenvalue weighted by Crippen LogP contribution is 1.96. The number of H-pyrrole nitrogens is 1. The number of amides is 1. The van der Waals surface area contributed by atoms with Gasteiger partial charge in [0.15, 0.2) is 0 Å². The maximum Gasteiger partial charge on any atom is 0.220 e. The summed E-state index contributed by atoms with van der Waals surface area (Å²) in [6.07, 6.45) is 4.92. The number of aromatic nitrogens is 2. The van der Waals surface area contributed by atoms with E-state index in [4.69, 9.17) is 0 Å². The second-order valence-corrected chi connectivity index (χ2v) is 3.07. The second kappa shape index (κ2) is 5.16. The van der Waals surface area contributed by atoms with Crippen LogP contribution in [0.2, 0.25) is 0 Å². The molecule has 0 bridgehead atoms. The van der Waals surface area contributed by atoms with Crippen molar-refractivity contribution in [3.63, 3.8) is 0 Å². The molecule has 0 saturated heterocycles. The minimum Gasteiger partial charge on any atom is -0.348 e. The Labute approximate surface area is 81.9 Å². The Hall–Kier alpha value is -1.65. The third-order valence-corrected chi connectivity index (χ3v) is 1.77. The molecule has 0 fully saturated rings. The first-order valence-electron chi connectivity index (χ1n) is 4.44. The molecule has 1 heterocycles. The van der Waals surface area contributed by atoms with Crippen molar-refractivity contribution >= 4 is 12.2 Å². The summed E-state index contributed by atoms with van der Waals surface area (Å²) in [5, 5.41) is 2.55. The Morgan fingerprint density at radius 2 is 2.57 bits per heavy atom. The predicted octanol–water partition coefficient (Wildman–Crippen LogP) is 0.0459. The maximum atomic E-state index is 11.2. The Morgan fingerprint density at radius 3 is 3.14 bits per heavy atom. The van der Waals surface area contributed by atoms with Crippen LogP contribution in [-0.2, 0) is 16.0 Å². The molecule has 1 atom stereocenters. The van der Waals surface area contributed by atoms with Crippen LogP contribution < -0.4 is 5.32 Å². The van der Waals surface area contributed by atoms with Gasteiger partial charge in [0.25, 0.3) is 0 Å². The molecule has 1 amide bonds. The number of carbonyl (C=O) groups is 2. The van der Waals surface area contributed by atoms with Gasteiger partial charge in [-0.05, 0) is 13.3 Å². The SMILES string of the molecule is CC(C=O)NC(=O)CCc1cnc[nH]1. The van der Waals surface area contributed by atoms with Gasteiger partial charge in [0.05, 0.1) is 12.4 Å². The predicted molar refractivity (Wildman–Crippen MR) is 50.6 cm³/mol. The first-order valence-corrected chi connectivity index (χ1v) is 4.44. The summed E-state index contributed by atoms with van der Waals surface area (Å²) in [5.74, 6) is -0.126. The van der Waals surface area contributed by atoms with Crippen molar-refractivity contribution in [3.05, 3.63) is 18.2 Å². The number of aryl methyl sites for hydroxylation is 1. The van der Waals surface area contributed by atoms with Gasteiger partial charge in [0.2, 0.25) is 5.91 Å². The van der Waals surface area contributed by atoms with Crippen LogP contribution in [0.5, 0.6) is 0 Å². The molecular formula is C9H13N3O2. The van der Waals surface area contributed by atoms with Crippen LogP contribution in [0.4, 0.5) is 0 Å². The summed E-state index contributed by atoms with van der Waals surface area (Å²) in [7, 11) is 0. The number of aldehydes is 1. The van der Waals surface area contributed by atoms with Crippen LogP contribution in [0.1, 0.15) is 19.0 Å². The lowest BCUT2D eigenvalue weighted by Gasteiger charge is -2.05. The van der Waals surface area contributed by atoms with E-state index in [0.29, 0.717) is 19.1 Å². The molecule has 0 spiro atoms. The topological polar surface area (TPSA) is 74.8 Å². The van der Waals surface area contributed by atoms with Gasteiger partial charge in [-0.25, -0.2) is 4.98 Å². The number of hydrogen-bond donors (Lipinski definition) is 2. The Kier molecular flexibility index (Phi) is 3.84. The number of rotatable bonds is 5. The summed E-state index contributed by atoms with van der Waals surface area (Å²) in [5.41, 5.74) is 0.916. The first-order chi connectivity index (χ1) is 6.72. The molecule has 1 unspecified atom stereocenters. The first kappa shape index (κ1) is 10.4. The van der Waals surface area contributed by atoms with Gasteiger partial charge < -0.3 is 15.1 Å². The lowest BCUT2D eigenvalue weighted by Crippen LogP contribution is -2.33. The lowest BCUT2D eigenvalue weighted by atomic mass is 10.2. The highest BCUT2D eigenvalue weighted by Gasteiger charge is 2.06. The van der Waals surface area contributed by atoms with Gasteiger partial charge in [0.1, 0.15) is 6.29 Å². The molecular weight excluding hydrogens is 182 g/mol. The number of aromatic amines is 1. The molecule has 1 aromatic rings. The molecule has 0 saturated carbocycles.